The van der Waals surface area contributed by atoms with Crippen LogP contribution in [0.15, 0.2) is 41.3 Å². The van der Waals surface area contributed by atoms with E-state index in [1.807, 2.05) is 0 Å². The van der Waals surface area contributed by atoms with E-state index < -0.39 is 16.6 Å². The fourth-order valence-electron chi connectivity index (χ4n) is 1.63. The summed E-state index contributed by atoms with van der Waals surface area (Å²) in [5, 5.41) is 10.8. The molecule has 0 saturated carbocycles. The van der Waals surface area contributed by atoms with Gasteiger partial charge in [-0.25, -0.2) is 8.78 Å². The molecule has 0 aliphatic heterocycles. The number of hydrogen-bond acceptors (Lipinski definition) is 4. The molecule has 0 fully saturated rings. The first-order chi connectivity index (χ1) is 9.49. The largest absolute Gasteiger partial charge is 0.393 e. The van der Waals surface area contributed by atoms with Gasteiger partial charge in [-0.3, -0.25) is 10.1 Å². The Kier molecular flexibility index (Phi) is 4.19. The lowest BCUT2D eigenvalue weighted by molar-refractivity contribution is -0.383. The number of halogens is 2. The van der Waals surface area contributed by atoms with Crippen LogP contribution in [0.25, 0.3) is 0 Å². The summed E-state index contributed by atoms with van der Waals surface area (Å²) in [7, 11) is 0. The maximum Gasteiger partial charge on any atom is 0.292 e. The Morgan fingerprint density at radius 1 is 1.25 bits per heavy atom. The second-order valence-corrected chi connectivity index (χ2v) is 4.99. The lowest BCUT2D eigenvalue weighted by Gasteiger charge is -2.07. The number of para-hydroxylation sites is 1. The molecule has 0 saturated heterocycles. The number of nitro groups is 1. The fraction of sp³-hybridized carbons (Fsp3) is 0.0769. The third-order valence-electron chi connectivity index (χ3n) is 2.65. The topological polar surface area (TPSA) is 69.2 Å². The Hall–Kier alpha value is -2.15. The minimum atomic E-state index is -0.577. The molecular formula is C13H10F2N2O2S. The van der Waals surface area contributed by atoms with E-state index in [9.17, 15) is 18.9 Å². The van der Waals surface area contributed by atoms with Gasteiger partial charge in [0.15, 0.2) is 0 Å². The van der Waals surface area contributed by atoms with Crippen LogP contribution in [-0.2, 0) is 5.75 Å². The van der Waals surface area contributed by atoms with Crippen LogP contribution in [0.4, 0.5) is 20.2 Å². The van der Waals surface area contributed by atoms with Crippen molar-refractivity contribution in [1.82, 2.24) is 0 Å². The van der Waals surface area contributed by atoms with Crippen molar-refractivity contribution >= 4 is 23.1 Å². The Labute approximate surface area is 117 Å². The first kappa shape index (κ1) is 14.3. The van der Waals surface area contributed by atoms with E-state index in [0.717, 1.165) is 30.0 Å². The van der Waals surface area contributed by atoms with Gasteiger partial charge in [0.25, 0.3) is 5.69 Å². The summed E-state index contributed by atoms with van der Waals surface area (Å²) < 4.78 is 26.5. The van der Waals surface area contributed by atoms with Crippen molar-refractivity contribution in [1.29, 1.82) is 0 Å². The van der Waals surface area contributed by atoms with Gasteiger partial charge in [-0.1, -0.05) is 12.1 Å². The molecule has 0 aliphatic carbocycles. The minimum absolute atomic E-state index is 0.0433. The van der Waals surface area contributed by atoms with Crippen molar-refractivity contribution in [3.8, 4) is 0 Å². The standard InChI is InChI=1S/C13H10F2N2O2S/c14-9-4-5-10(15)12(6-9)20-7-8-2-1-3-11(13(8)16)17(18)19/h1-6H,7,16H2. The van der Waals surface area contributed by atoms with Crippen LogP contribution >= 0.6 is 11.8 Å². The SMILES string of the molecule is Nc1c(CSc2cc(F)ccc2F)cccc1[N+](=O)[O-]. The molecule has 0 heterocycles. The van der Waals surface area contributed by atoms with Crippen LogP contribution in [0.5, 0.6) is 0 Å². The van der Waals surface area contributed by atoms with E-state index in [4.69, 9.17) is 5.73 Å². The highest BCUT2D eigenvalue weighted by molar-refractivity contribution is 7.98. The first-order valence-corrected chi connectivity index (χ1v) is 6.57. The van der Waals surface area contributed by atoms with Crippen LogP contribution in [0.1, 0.15) is 5.56 Å². The summed E-state index contributed by atoms with van der Waals surface area (Å²) in [6.45, 7) is 0. The molecule has 0 radical (unpaired) electrons. The van der Waals surface area contributed by atoms with E-state index in [1.54, 1.807) is 6.07 Å². The number of nitro benzene ring substituents is 1. The maximum absolute atomic E-state index is 13.5. The average Bonchev–Trinajstić information content (AvgIpc) is 2.41. The van der Waals surface area contributed by atoms with Crippen LogP contribution in [0.3, 0.4) is 0 Å². The molecular weight excluding hydrogens is 286 g/mol. The smallest absolute Gasteiger partial charge is 0.292 e. The van der Waals surface area contributed by atoms with Crippen molar-refractivity contribution in [3.63, 3.8) is 0 Å². The number of anilines is 1. The molecule has 0 amide bonds. The summed E-state index contributed by atoms with van der Waals surface area (Å²) in [6, 6.07) is 7.56. The fourth-order valence-corrected chi connectivity index (χ4v) is 2.59. The van der Waals surface area contributed by atoms with Crippen LogP contribution in [-0.4, -0.2) is 4.92 Å². The number of nitrogen functional groups attached to an aromatic ring is 1. The lowest BCUT2D eigenvalue weighted by Crippen LogP contribution is -1.99. The van der Waals surface area contributed by atoms with Crippen molar-refractivity contribution in [2.24, 2.45) is 0 Å². The molecule has 0 aromatic heterocycles. The zero-order chi connectivity index (χ0) is 14.7. The molecule has 0 spiro atoms. The summed E-state index contributed by atoms with van der Waals surface area (Å²) in [4.78, 5) is 10.3. The molecule has 2 aromatic rings. The van der Waals surface area contributed by atoms with Gasteiger partial charge in [-0.2, -0.15) is 0 Å². The molecule has 0 unspecified atom stereocenters. The highest BCUT2D eigenvalue weighted by atomic mass is 32.2. The second-order valence-electron chi connectivity index (χ2n) is 3.97. The average molecular weight is 296 g/mol. The lowest BCUT2D eigenvalue weighted by atomic mass is 10.2. The van der Waals surface area contributed by atoms with Gasteiger partial charge >= 0.3 is 0 Å². The third kappa shape index (κ3) is 3.05. The summed E-state index contributed by atoms with van der Waals surface area (Å²) >= 11 is 1.03. The van der Waals surface area contributed by atoms with Crippen molar-refractivity contribution in [2.75, 3.05) is 5.73 Å². The molecule has 4 nitrogen and oxygen atoms in total. The zero-order valence-electron chi connectivity index (χ0n) is 10.2. The quantitative estimate of drug-likeness (QED) is 0.404. The van der Waals surface area contributed by atoms with Crippen molar-refractivity contribution in [2.45, 2.75) is 10.6 Å². The van der Waals surface area contributed by atoms with Crippen LogP contribution < -0.4 is 5.73 Å². The Morgan fingerprint density at radius 2 is 2.00 bits per heavy atom. The monoisotopic (exact) mass is 296 g/mol. The number of rotatable bonds is 4. The normalized spacial score (nSPS) is 10.5. The van der Waals surface area contributed by atoms with Gasteiger partial charge in [0.1, 0.15) is 17.3 Å². The van der Waals surface area contributed by atoms with Gasteiger partial charge in [0.05, 0.1) is 4.92 Å². The number of nitrogens with two attached hydrogens (primary N) is 1. The van der Waals surface area contributed by atoms with Crippen molar-refractivity contribution < 1.29 is 13.7 Å². The Balaban J connectivity index is 2.21. The molecule has 2 rings (SSSR count). The molecule has 20 heavy (non-hydrogen) atoms. The van der Waals surface area contributed by atoms with E-state index in [0.29, 0.717) is 5.56 Å². The molecule has 104 valence electrons. The number of nitrogens with zero attached hydrogens (tertiary/aromatic N) is 1. The van der Waals surface area contributed by atoms with Gasteiger partial charge in [0, 0.05) is 16.7 Å². The predicted octanol–water partition coefficient (Wildman–Crippen LogP) is 3.75. The Morgan fingerprint density at radius 3 is 2.70 bits per heavy atom. The summed E-state index contributed by atoms with van der Waals surface area (Å²) in [6.07, 6.45) is 0. The maximum atomic E-state index is 13.5. The van der Waals surface area contributed by atoms with Crippen LogP contribution in [0, 0.1) is 21.7 Å². The highest BCUT2D eigenvalue weighted by Gasteiger charge is 2.15. The van der Waals surface area contributed by atoms with E-state index >= 15 is 0 Å². The molecule has 2 N–H and O–H groups in total. The highest BCUT2D eigenvalue weighted by Crippen LogP contribution is 2.31. The molecule has 2 aromatic carbocycles. The molecule has 0 atom stereocenters. The molecule has 0 aliphatic rings. The van der Waals surface area contributed by atoms with E-state index in [2.05, 4.69) is 0 Å². The molecule has 7 heteroatoms. The zero-order valence-corrected chi connectivity index (χ0v) is 11.0. The number of thioether (sulfide) groups is 1. The van der Waals surface area contributed by atoms with Gasteiger partial charge < -0.3 is 5.73 Å². The third-order valence-corrected chi connectivity index (χ3v) is 3.73. The van der Waals surface area contributed by atoms with Gasteiger partial charge in [-0.05, 0) is 23.8 Å². The minimum Gasteiger partial charge on any atom is -0.393 e. The van der Waals surface area contributed by atoms with Gasteiger partial charge in [-0.15, -0.1) is 11.8 Å². The predicted molar refractivity (Wildman–Crippen MR) is 73.4 cm³/mol. The van der Waals surface area contributed by atoms with E-state index in [-0.39, 0.29) is 22.0 Å². The van der Waals surface area contributed by atoms with E-state index in [1.165, 1.54) is 12.1 Å². The second kappa shape index (κ2) is 5.87. The summed E-state index contributed by atoms with van der Waals surface area (Å²) in [5.41, 5.74) is 6.05. The van der Waals surface area contributed by atoms with Crippen molar-refractivity contribution in [3.05, 3.63) is 63.7 Å². The van der Waals surface area contributed by atoms with Gasteiger partial charge in [0.2, 0.25) is 0 Å². The van der Waals surface area contributed by atoms with Crippen LogP contribution in [0.2, 0.25) is 0 Å². The number of hydrogen-bond donors (Lipinski definition) is 1. The summed E-state index contributed by atoms with van der Waals surface area (Å²) in [5.74, 6) is -0.866. The number of benzene rings is 2. The first-order valence-electron chi connectivity index (χ1n) is 5.58. The Bertz CT molecular complexity index is 665. The molecule has 0 bridgehead atoms.